The van der Waals surface area contributed by atoms with Crippen molar-refractivity contribution in [1.82, 2.24) is 0 Å². The molecule has 0 spiro atoms. The monoisotopic (exact) mass is 239 g/mol. The highest BCUT2D eigenvalue weighted by molar-refractivity contribution is 5.42. The smallest absolute Gasteiger partial charge is 0.00658 e. The lowest BCUT2D eigenvalue weighted by Gasteiger charge is -2.54. The molecule has 0 amide bonds. The summed E-state index contributed by atoms with van der Waals surface area (Å²) in [6, 6.07) is 6.84. The van der Waals surface area contributed by atoms with Crippen molar-refractivity contribution in [2.24, 2.45) is 17.8 Å². The molecular formula is C18H23. The zero-order chi connectivity index (χ0) is 12.3. The van der Waals surface area contributed by atoms with Crippen LogP contribution in [0.3, 0.4) is 0 Å². The van der Waals surface area contributed by atoms with Crippen molar-refractivity contribution in [3.8, 4) is 0 Å². The van der Waals surface area contributed by atoms with E-state index in [1.54, 1.807) is 12.0 Å². The Labute approximate surface area is 111 Å². The topological polar surface area (TPSA) is 0 Å². The first kappa shape index (κ1) is 11.1. The number of hydrogen-bond acceptors (Lipinski definition) is 0. The molecule has 0 aliphatic heterocycles. The van der Waals surface area contributed by atoms with Crippen molar-refractivity contribution >= 4 is 0 Å². The molecule has 4 saturated carbocycles. The highest BCUT2D eigenvalue weighted by atomic mass is 14.5. The minimum atomic E-state index is 0.819. The van der Waals surface area contributed by atoms with Crippen LogP contribution in [0.5, 0.6) is 0 Å². The predicted molar refractivity (Wildman–Crippen MR) is 75.5 cm³/mol. The third-order valence-corrected chi connectivity index (χ3v) is 5.80. The second-order valence-corrected chi connectivity index (χ2v) is 7.05. The van der Waals surface area contributed by atoms with Gasteiger partial charge in [-0.2, -0.15) is 0 Å². The molecule has 0 N–H and O–H groups in total. The SMILES string of the molecule is Cc1cccc(C)c1C1[C]2CC3CC(C2)CC1C3. The first-order valence-corrected chi connectivity index (χ1v) is 7.63. The van der Waals surface area contributed by atoms with Crippen LogP contribution >= 0.6 is 0 Å². The molecule has 4 aliphatic carbocycles. The van der Waals surface area contributed by atoms with E-state index in [1.807, 2.05) is 5.92 Å². The Balaban J connectivity index is 1.77. The van der Waals surface area contributed by atoms with E-state index < -0.39 is 0 Å². The molecule has 0 nitrogen and oxygen atoms in total. The van der Waals surface area contributed by atoms with Gasteiger partial charge in [0.15, 0.2) is 0 Å². The molecule has 5 rings (SSSR count). The third kappa shape index (κ3) is 1.51. The Morgan fingerprint density at radius 2 is 1.50 bits per heavy atom. The van der Waals surface area contributed by atoms with Crippen molar-refractivity contribution < 1.29 is 0 Å². The average molecular weight is 239 g/mol. The fourth-order valence-corrected chi connectivity index (χ4v) is 5.39. The van der Waals surface area contributed by atoms with Crippen molar-refractivity contribution in [2.45, 2.75) is 51.9 Å². The Hall–Kier alpha value is -0.780. The highest BCUT2D eigenvalue weighted by Crippen LogP contribution is 2.61. The first-order valence-electron chi connectivity index (χ1n) is 7.63. The van der Waals surface area contributed by atoms with Gasteiger partial charge in [0.2, 0.25) is 0 Å². The van der Waals surface area contributed by atoms with E-state index in [4.69, 9.17) is 0 Å². The van der Waals surface area contributed by atoms with Gasteiger partial charge in [-0.15, -0.1) is 0 Å². The second-order valence-electron chi connectivity index (χ2n) is 7.05. The van der Waals surface area contributed by atoms with E-state index in [1.165, 1.54) is 36.8 Å². The molecule has 1 aromatic carbocycles. The molecule has 95 valence electrons. The molecule has 18 heavy (non-hydrogen) atoms. The van der Waals surface area contributed by atoms with E-state index >= 15 is 0 Å². The standard InChI is InChI=1S/C18H23/c1-11-4-3-5-12(2)17(11)18-15-7-13-6-14(9-15)10-16(18)8-13/h3-5,13-15,18H,6-10H2,1-2H3. The number of aryl methyl sites for hydroxylation is 2. The van der Waals surface area contributed by atoms with Crippen LogP contribution in [0.25, 0.3) is 0 Å². The molecule has 1 radical (unpaired) electrons. The number of rotatable bonds is 1. The van der Waals surface area contributed by atoms with Gasteiger partial charge in [-0.1, -0.05) is 18.2 Å². The molecule has 4 fully saturated rings. The molecule has 3 atom stereocenters. The van der Waals surface area contributed by atoms with Gasteiger partial charge in [0.05, 0.1) is 0 Å². The lowest BCUT2D eigenvalue weighted by molar-refractivity contribution is 0.0719. The maximum atomic E-state index is 2.31. The van der Waals surface area contributed by atoms with E-state index in [0.717, 1.165) is 23.7 Å². The molecule has 0 heteroatoms. The molecule has 3 unspecified atom stereocenters. The second kappa shape index (κ2) is 3.85. The van der Waals surface area contributed by atoms with Crippen molar-refractivity contribution in [1.29, 1.82) is 0 Å². The van der Waals surface area contributed by atoms with Gasteiger partial charge in [-0.05, 0) is 92.2 Å². The number of benzene rings is 1. The minimum absolute atomic E-state index is 0.819. The average Bonchev–Trinajstić information content (AvgIpc) is 2.31. The van der Waals surface area contributed by atoms with Crippen LogP contribution in [0.2, 0.25) is 0 Å². The van der Waals surface area contributed by atoms with Crippen LogP contribution in [-0.4, -0.2) is 0 Å². The number of hydrogen-bond donors (Lipinski definition) is 0. The predicted octanol–water partition coefficient (Wildman–Crippen LogP) is 4.80. The Morgan fingerprint density at radius 3 is 2.06 bits per heavy atom. The van der Waals surface area contributed by atoms with Crippen LogP contribution < -0.4 is 0 Å². The van der Waals surface area contributed by atoms with E-state index in [2.05, 4.69) is 32.0 Å². The normalized spacial score (nSPS) is 38.3. The molecule has 1 aromatic rings. The third-order valence-electron chi connectivity index (χ3n) is 5.80. The summed E-state index contributed by atoms with van der Waals surface area (Å²) in [5.74, 6) is 5.82. The maximum Gasteiger partial charge on any atom is -0.00658 e. The van der Waals surface area contributed by atoms with Crippen LogP contribution in [0.15, 0.2) is 18.2 Å². The van der Waals surface area contributed by atoms with Crippen molar-refractivity contribution in [2.75, 3.05) is 0 Å². The zero-order valence-electron chi connectivity index (χ0n) is 11.6. The fraction of sp³-hybridized carbons (Fsp3) is 0.611. The molecular weight excluding hydrogens is 216 g/mol. The minimum Gasteiger partial charge on any atom is -0.0617 e. The van der Waals surface area contributed by atoms with Gasteiger partial charge in [-0.25, -0.2) is 0 Å². The molecule has 0 heterocycles. The van der Waals surface area contributed by atoms with E-state index in [-0.39, 0.29) is 0 Å². The maximum absolute atomic E-state index is 2.31. The lowest BCUT2D eigenvalue weighted by atomic mass is 9.50. The van der Waals surface area contributed by atoms with E-state index in [9.17, 15) is 0 Å². The van der Waals surface area contributed by atoms with Gasteiger partial charge in [0.1, 0.15) is 0 Å². The largest absolute Gasteiger partial charge is 0.0617 e. The van der Waals surface area contributed by atoms with Crippen LogP contribution in [0, 0.1) is 37.5 Å². The Kier molecular flexibility index (Phi) is 2.37. The molecule has 4 bridgehead atoms. The summed E-state index contributed by atoms with van der Waals surface area (Å²) < 4.78 is 0. The summed E-state index contributed by atoms with van der Waals surface area (Å²) in [5.41, 5.74) is 4.75. The first-order chi connectivity index (χ1) is 8.72. The molecule has 0 aromatic heterocycles. The van der Waals surface area contributed by atoms with Gasteiger partial charge in [-0.3, -0.25) is 0 Å². The van der Waals surface area contributed by atoms with Gasteiger partial charge in [0, 0.05) is 0 Å². The highest BCUT2D eigenvalue weighted by Gasteiger charge is 2.49. The van der Waals surface area contributed by atoms with Crippen LogP contribution in [0.1, 0.15) is 54.7 Å². The van der Waals surface area contributed by atoms with Crippen LogP contribution in [-0.2, 0) is 0 Å². The van der Waals surface area contributed by atoms with Crippen molar-refractivity contribution in [3.63, 3.8) is 0 Å². The Bertz CT molecular complexity index is 423. The van der Waals surface area contributed by atoms with Gasteiger partial charge in [0.25, 0.3) is 0 Å². The summed E-state index contributed by atoms with van der Waals surface area (Å²) in [6.07, 6.45) is 7.47. The summed E-state index contributed by atoms with van der Waals surface area (Å²) in [6.45, 7) is 4.63. The zero-order valence-corrected chi connectivity index (χ0v) is 11.6. The van der Waals surface area contributed by atoms with Crippen LogP contribution in [0.4, 0.5) is 0 Å². The van der Waals surface area contributed by atoms with E-state index in [0.29, 0.717) is 0 Å². The summed E-state index contributed by atoms with van der Waals surface area (Å²) in [7, 11) is 0. The fourth-order valence-electron chi connectivity index (χ4n) is 5.39. The summed E-state index contributed by atoms with van der Waals surface area (Å²) in [4.78, 5) is 0. The quantitative estimate of drug-likeness (QED) is 0.660. The van der Waals surface area contributed by atoms with Gasteiger partial charge < -0.3 is 0 Å². The summed E-state index contributed by atoms with van der Waals surface area (Å²) in [5, 5.41) is 0. The summed E-state index contributed by atoms with van der Waals surface area (Å²) >= 11 is 0. The Morgan fingerprint density at radius 1 is 0.889 bits per heavy atom. The lowest BCUT2D eigenvalue weighted by Crippen LogP contribution is -2.43. The molecule has 4 aliphatic rings. The molecule has 0 saturated heterocycles. The van der Waals surface area contributed by atoms with Crippen molar-refractivity contribution in [3.05, 3.63) is 40.8 Å². The van der Waals surface area contributed by atoms with Gasteiger partial charge >= 0.3 is 0 Å².